The normalized spacial score (nSPS) is 11.8. The fourth-order valence-electron chi connectivity index (χ4n) is 4.08. The van der Waals surface area contributed by atoms with Crippen molar-refractivity contribution < 1.29 is 50.8 Å². The molecule has 0 radical (unpaired) electrons. The minimum absolute atomic E-state index is 0.0116. The number of aromatic amines is 1. The number of H-pyrrole nitrogens is 1. The number of alkyl halides is 3. The highest BCUT2D eigenvalue weighted by Gasteiger charge is 2.33. The van der Waals surface area contributed by atoms with Crippen LogP contribution in [0.2, 0.25) is 0 Å². The Hall–Kier alpha value is -4.52. The summed E-state index contributed by atoms with van der Waals surface area (Å²) < 4.78 is 86.6. The van der Waals surface area contributed by atoms with Gasteiger partial charge in [0.15, 0.2) is 17.3 Å². The molecule has 0 fully saturated rings. The van der Waals surface area contributed by atoms with E-state index in [0.717, 1.165) is 24.3 Å². The van der Waals surface area contributed by atoms with E-state index in [1.54, 1.807) is 12.1 Å². The Morgan fingerprint density at radius 1 is 0.976 bits per heavy atom. The SMILES string of the molecule is CC.COc1cc(NC(C(=O)c2c[nH]c3cc(F)c(OC(F)(F)F)cc23)c2ccc(F)cc2OC)cc(OCCO)c1. The second-order valence-electron chi connectivity index (χ2n) is 8.38. The average molecular weight is 597 g/mol. The van der Waals surface area contributed by atoms with E-state index in [1.807, 2.05) is 13.8 Å². The van der Waals surface area contributed by atoms with Crippen LogP contribution >= 0.6 is 0 Å². The van der Waals surface area contributed by atoms with Gasteiger partial charge in [-0.15, -0.1) is 13.2 Å². The molecule has 42 heavy (non-hydrogen) atoms. The largest absolute Gasteiger partial charge is 0.573 e. The molecule has 13 heteroatoms. The van der Waals surface area contributed by atoms with Crippen LogP contribution in [0.1, 0.15) is 35.8 Å². The molecule has 8 nitrogen and oxygen atoms in total. The van der Waals surface area contributed by atoms with Gasteiger partial charge in [0.25, 0.3) is 0 Å². The lowest BCUT2D eigenvalue weighted by molar-refractivity contribution is -0.275. The van der Waals surface area contributed by atoms with E-state index >= 15 is 0 Å². The number of aliphatic hydroxyl groups excluding tert-OH is 1. The van der Waals surface area contributed by atoms with Crippen molar-refractivity contribution in [3.8, 4) is 23.0 Å². The van der Waals surface area contributed by atoms with Crippen molar-refractivity contribution in [3.05, 3.63) is 77.5 Å². The molecule has 0 saturated carbocycles. The van der Waals surface area contributed by atoms with Gasteiger partial charge < -0.3 is 34.4 Å². The number of hydrogen-bond acceptors (Lipinski definition) is 7. The number of rotatable bonds is 11. The number of halogens is 5. The molecule has 4 aromatic rings. The number of anilines is 1. The lowest BCUT2D eigenvalue weighted by Crippen LogP contribution is -2.22. The van der Waals surface area contributed by atoms with E-state index in [1.165, 1.54) is 32.5 Å². The first-order valence-corrected chi connectivity index (χ1v) is 12.7. The minimum atomic E-state index is -5.16. The lowest BCUT2D eigenvalue weighted by Gasteiger charge is -2.22. The fourth-order valence-corrected chi connectivity index (χ4v) is 4.08. The number of carbonyl (C=O) groups is 1. The Labute approximate surface area is 238 Å². The Balaban J connectivity index is 0.00000237. The van der Waals surface area contributed by atoms with Gasteiger partial charge in [-0.05, 0) is 18.2 Å². The van der Waals surface area contributed by atoms with Gasteiger partial charge in [-0.25, -0.2) is 8.78 Å². The third-order valence-corrected chi connectivity index (χ3v) is 5.78. The van der Waals surface area contributed by atoms with Crippen molar-refractivity contribution >= 4 is 22.4 Å². The molecule has 0 saturated heterocycles. The van der Waals surface area contributed by atoms with Crippen molar-refractivity contribution in [2.45, 2.75) is 26.3 Å². The molecule has 1 atom stereocenters. The van der Waals surface area contributed by atoms with Gasteiger partial charge in [-0.1, -0.05) is 13.8 Å². The average Bonchev–Trinajstić information content (AvgIpc) is 3.37. The minimum Gasteiger partial charge on any atom is -0.497 e. The molecule has 0 aliphatic rings. The maximum absolute atomic E-state index is 14.3. The van der Waals surface area contributed by atoms with Crippen LogP contribution in [0.25, 0.3) is 10.9 Å². The van der Waals surface area contributed by atoms with Crippen LogP contribution in [0.4, 0.5) is 27.6 Å². The first-order valence-electron chi connectivity index (χ1n) is 12.7. The summed E-state index contributed by atoms with van der Waals surface area (Å²) in [7, 11) is 2.69. The molecule has 3 N–H and O–H groups in total. The Bertz CT molecular complexity index is 1520. The van der Waals surface area contributed by atoms with Crippen LogP contribution in [0.5, 0.6) is 23.0 Å². The lowest BCUT2D eigenvalue weighted by atomic mass is 9.95. The smallest absolute Gasteiger partial charge is 0.497 e. The third kappa shape index (κ3) is 7.60. The highest BCUT2D eigenvalue weighted by Crippen LogP contribution is 2.37. The Kier molecular flexibility index (Phi) is 10.6. The number of benzene rings is 3. The zero-order valence-electron chi connectivity index (χ0n) is 23.1. The van der Waals surface area contributed by atoms with Crippen molar-refractivity contribution in [1.82, 2.24) is 4.98 Å². The topological polar surface area (TPSA) is 102 Å². The first kappa shape index (κ1) is 32.0. The summed E-state index contributed by atoms with van der Waals surface area (Å²) in [5.41, 5.74) is 0.439. The molecular weight excluding hydrogens is 567 g/mol. The summed E-state index contributed by atoms with van der Waals surface area (Å²) in [6.07, 6.45) is -3.95. The van der Waals surface area contributed by atoms with Gasteiger partial charge in [-0.2, -0.15) is 0 Å². The van der Waals surface area contributed by atoms with Crippen molar-refractivity contribution in [1.29, 1.82) is 0 Å². The fraction of sp³-hybridized carbons (Fsp3) is 0.276. The number of methoxy groups -OCH3 is 2. The van der Waals surface area contributed by atoms with Gasteiger partial charge >= 0.3 is 6.36 Å². The first-order chi connectivity index (χ1) is 20.0. The third-order valence-electron chi connectivity index (χ3n) is 5.78. The maximum Gasteiger partial charge on any atom is 0.573 e. The van der Waals surface area contributed by atoms with Crippen molar-refractivity contribution in [3.63, 3.8) is 0 Å². The van der Waals surface area contributed by atoms with E-state index in [-0.39, 0.29) is 41.0 Å². The van der Waals surface area contributed by atoms with Gasteiger partial charge in [0, 0.05) is 64.2 Å². The highest BCUT2D eigenvalue weighted by atomic mass is 19.4. The van der Waals surface area contributed by atoms with Crippen LogP contribution < -0.4 is 24.3 Å². The van der Waals surface area contributed by atoms with E-state index in [9.17, 15) is 26.7 Å². The van der Waals surface area contributed by atoms with Gasteiger partial charge in [-0.3, -0.25) is 4.79 Å². The molecule has 0 bridgehead atoms. The zero-order valence-corrected chi connectivity index (χ0v) is 23.1. The number of fused-ring (bicyclic) bond motifs is 1. The molecule has 0 amide bonds. The number of ketones is 1. The van der Waals surface area contributed by atoms with Crippen LogP contribution in [-0.2, 0) is 0 Å². The standard InChI is InChI=1S/C27H23F5N2O6.C2H6/c1-37-16-8-15(9-17(10-16)39-6-5-35)34-25(18-4-3-14(28)7-23(18)38-2)26(36)20-13-33-22-12-21(29)24(11-19(20)22)40-27(30,31)32;1-2/h3-4,7-13,25,33-35H,5-6H2,1-2H3;1-2H3. The molecule has 1 aromatic heterocycles. The molecule has 1 heterocycles. The second kappa shape index (κ2) is 13.9. The molecule has 1 unspecified atom stereocenters. The Morgan fingerprint density at radius 2 is 1.69 bits per heavy atom. The molecule has 0 aliphatic heterocycles. The molecule has 226 valence electrons. The van der Waals surface area contributed by atoms with E-state index in [2.05, 4.69) is 15.0 Å². The molecule has 0 spiro atoms. The number of hydrogen-bond donors (Lipinski definition) is 3. The van der Waals surface area contributed by atoms with Crippen molar-refractivity contribution in [2.75, 3.05) is 32.8 Å². The molecule has 4 rings (SSSR count). The summed E-state index contributed by atoms with van der Waals surface area (Å²) in [6, 6.07) is 8.38. The monoisotopic (exact) mass is 596 g/mol. The molecule has 3 aromatic carbocycles. The highest BCUT2D eigenvalue weighted by molar-refractivity contribution is 6.12. The predicted octanol–water partition coefficient (Wildman–Crippen LogP) is 6.80. The number of aromatic nitrogens is 1. The number of nitrogens with one attached hydrogen (secondary N) is 2. The van der Waals surface area contributed by atoms with Crippen LogP contribution in [0.3, 0.4) is 0 Å². The van der Waals surface area contributed by atoms with E-state index < -0.39 is 35.6 Å². The zero-order chi connectivity index (χ0) is 31.0. The van der Waals surface area contributed by atoms with Gasteiger partial charge in [0.2, 0.25) is 0 Å². The van der Waals surface area contributed by atoms with Crippen LogP contribution in [0, 0.1) is 11.6 Å². The predicted molar refractivity (Wildman–Crippen MR) is 146 cm³/mol. The summed E-state index contributed by atoms with van der Waals surface area (Å²) >= 11 is 0. The van der Waals surface area contributed by atoms with Gasteiger partial charge in [0.05, 0.1) is 20.8 Å². The summed E-state index contributed by atoms with van der Waals surface area (Å²) in [6.45, 7) is 3.73. The quantitative estimate of drug-likeness (QED) is 0.129. The van der Waals surface area contributed by atoms with E-state index in [4.69, 9.17) is 19.3 Å². The van der Waals surface area contributed by atoms with Crippen molar-refractivity contribution in [2.24, 2.45) is 0 Å². The number of carbonyl (C=O) groups excluding carboxylic acids is 1. The summed E-state index contributed by atoms with van der Waals surface area (Å²) in [5.74, 6) is -3.07. The summed E-state index contributed by atoms with van der Waals surface area (Å²) in [5, 5.41) is 12.1. The molecule has 0 aliphatic carbocycles. The van der Waals surface area contributed by atoms with E-state index in [0.29, 0.717) is 17.2 Å². The number of Topliss-reactive ketones (excluding diaryl/α,β-unsaturated/α-hetero) is 1. The number of aliphatic hydroxyl groups is 1. The Morgan fingerprint density at radius 3 is 2.33 bits per heavy atom. The van der Waals surface area contributed by atoms with Gasteiger partial charge in [0.1, 0.15) is 35.7 Å². The molecular formula is C29H29F5N2O6. The number of ether oxygens (including phenoxy) is 4. The van der Waals surface area contributed by atoms with Crippen LogP contribution in [-0.4, -0.2) is 49.7 Å². The maximum atomic E-state index is 14.3. The second-order valence-corrected chi connectivity index (χ2v) is 8.38. The summed E-state index contributed by atoms with van der Waals surface area (Å²) in [4.78, 5) is 16.7. The van der Waals surface area contributed by atoms with Crippen LogP contribution in [0.15, 0.2) is 54.7 Å².